The van der Waals surface area contributed by atoms with E-state index in [-0.39, 0.29) is 5.84 Å². The second kappa shape index (κ2) is 6.23. The highest BCUT2D eigenvalue weighted by Crippen LogP contribution is 2.17. The summed E-state index contributed by atoms with van der Waals surface area (Å²) in [6.45, 7) is 6.82. The van der Waals surface area contributed by atoms with E-state index in [4.69, 9.17) is 15.9 Å². The molecular formula is C13H21N3O. The molecule has 0 aliphatic rings. The normalized spacial score (nSPS) is 10.6. The monoisotopic (exact) mass is 235 g/mol. The molecule has 0 fully saturated rings. The first-order valence-electron chi connectivity index (χ1n) is 6.03. The second-order valence-corrected chi connectivity index (χ2v) is 4.21. The lowest BCUT2D eigenvalue weighted by atomic mass is 10.1. The molecule has 0 spiro atoms. The molecule has 4 heteroatoms. The van der Waals surface area contributed by atoms with Gasteiger partial charge in [0.05, 0.1) is 12.2 Å². The largest absolute Gasteiger partial charge is 0.477 e. The van der Waals surface area contributed by atoms with Gasteiger partial charge in [0.15, 0.2) is 0 Å². The zero-order valence-electron chi connectivity index (χ0n) is 10.8. The summed E-state index contributed by atoms with van der Waals surface area (Å²) in [6, 6.07) is 3.62. The quantitative estimate of drug-likeness (QED) is 0.587. The summed E-state index contributed by atoms with van der Waals surface area (Å²) in [5.74, 6) is 0.999. The van der Waals surface area contributed by atoms with E-state index < -0.39 is 0 Å². The maximum Gasteiger partial charge on any atom is 0.224 e. The van der Waals surface area contributed by atoms with Crippen molar-refractivity contribution in [3.8, 4) is 5.88 Å². The molecule has 0 aromatic carbocycles. The van der Waals surface area contributed by atoms with Gasteiger partial charge in [-0.25, -0.2) is 4.98 Å². The van der Waals surface area contributed by atoms with E-state index in [1.807, 2.05) is 13.0 Å². The molecule has 0 amide bonds. The van der Waals surface area contributed by atoms with Gasteiger partial charge in [-0.3, -0.25) is 5.41 Å². The van der Waals surface area contributed by atoms with Crippen LogP contribution in [0.25, 0.3) is 0 Å². The number of ether oxygens (including phenoxy) is 1. The van der Waals surface area contributed by atoms with Gasteiger partial charge < -0.3 is 10.5 Å². The first-order valence-corrected chi connectivity index (χ1v) is 6.03. The van der Waals surface area contributed by atoms with Crippen LogP contribution in [0.4, 0.5) is 0 Å². The molecule has 1 heterocycles. The fraction of sp³-hybridized carbons (Fsp3) is 0.538. The third-order valence-electron chi connectivity index (χ3n) is 2.90. The molecule has 0 saturated heterocycles. The van der Waals surface area contributed by atoms with Crippen molar-refractivity contribution in [2.45, 2.75) is 33.6 Å². The number of aryl methyl sites for hydroxylation is 1. The van der Waals surface area contributed by atoms with Crippen molar-refractivity contribution < 1.29 is 4.74 Å². The van der Waals surface area contributed by atoms with Crippen LogP contribution in [0, 0.1) is 18.3 Å². The predicted octanol–water partition coefficient (Wildman–Crippen LogP) is 2.49. The molecule has 3 N–H and O–H groups in total. The van der Waals surface area contributed by atoms with Gasteiger partial charge in [0.2, 0.25) is 5.88 Å². The lowest BCUT2D eigenvalue weighted by Crippen LogP contribution is -2.17. The Balaban J connectivity index is 2.81. The van der Waals surface area contributed by atoms with Crippen molar-refractivity contribution in [1.29, 1.82) is 5.41 Å². The zero-order chi connectivity index (χ0) is 12.8. The molecule has 17 heavy (non-hydrogen) atoms. The Morgan fingerprint density at radius 3 is 2.59 bits per heavy atom. The van der Waals surface area contributed by atoms with Crippen molar-refractivity contribution in [1.82, 2.24) is 4.98 Å². The summed E-state index contributed by atoms with van der Waals surface area (Å²) in [5, 5.41) is 7.48. The van der Waals surface area contributed by atoms with Crippen LogP contribution in [0.1, 0.15) is 37.9 Å². The molecule has 0 aliphatic carbocycles. The third kappa shape index (κ3) is 3.73. The lowest BCUT2D eigenvalue weighted by molar-refractivity contribution is 0.232. The highest BCUT2D eigenvalue weighted by Gasteiger charge is 2.11. The van der Waals surface area contributed by atoms with Crippen molar-refractivity contribution in [2.75, 3.05) is 6.61 Å². The van der Waals surface area contributed by atoms with Gasteiger partial charge in [0.1, 0.15) is 5.84 Å². The Labute approximate surface area is 103 Å². The van der Waals surface area contributed by atoms with E-state index in [9.17, 15) is 0 Å². The van der Waals surface area contributed by atoms with E-state index in [2.05, 4.69) is 18.8 Å². The van der Waals surface area contributed by atoms with Crippen LogP contribution in [-0.2, 0) is 0 Å². The number of rotatable bonds is 6. The minimum atomic E-state index is -0.00273. The van der Waals surface area contributed by atoms with Crippen LogP contribution in [0.3, 0.4) is 0 Å². The molecule has 94 valence electrons. The number of nitrogens with one attached hydrogen (secondary N) is 1. The fourth-order valence-electron chi connectivity index (χ4n) is 1.57. The Hall–Kier alpha value is -1.58. The number of hydrogen-bond acceptors (Lipinski definition) is 3. The Morgan fingerprint density at radius 2 is 2.06 bits per heavy atom. The van der Waals surface area contributed by atoms with E-state index in [1.165, 1.54) is 0 Å². The topological polar surface area (TPSA) is 72.0 Å². The number of hydrogen-bond donors (Lipinski definition) is 2. The average molecular weight is 235 g/mol. The average Bonchev–Trinajstić information content (AvgIpc) is 2.30. The molecule has 1 rings (SSSR count). The van der Waals surface area contributed by atoms with Gasteiger partial charge in [0, 0.05) is 5.69 Å². The van der Waals surface area contributed by atoms with Crippen LogP contribution in [0.2, 0.25) is 0 Å². The van der Waals surface area contributed by atoms with Crippen LogP contribution in [-0.4, -0.2) is 17.4 Å². The molecule has 0 atom stereocenters. The summed E-state index contributed by atoms with van der Waals surface area (Å²) in [6.07, 6.45) is 2.16. The standard InChI is InChI=1S/C13H21N3O/c1-4-10(5-2)8-17-13-11(12(14)15)7-6-9(3)16-13/h6-7,10H,4-5,8H2,1-3H3,(H3,14,15). The summed E-state index contributed by atoms with van der Waals surface area (Å²) in [7, 11) is 0. The molecule has 0 radical (unpaired) electrons. The van der Waals surface area contributed by atoms with Gasteiger partial charge >= 0.3 is 0 Å². The second-order valence-electron chi connectivity index (χ2n) is 4.21. The highest BCUT2D eigenvalue weighted by molar-refractivity contribution is 5.97. The van der Waals surface area contributed by atoms with Gasteiger partial charge in [-0.05, 0) is 25.0 Å². The lowest BCUT2D eigenvalue weighted by Gasteiger charge is -2.15. The van der Waals surface area contributed by atoms with Crippen molar-refractivity contribution in [2.24, 2.45) is 11.7 Å². The van der Waals surface area contributed by atoms with Gasteiger partial charge in [-0.1, -0.05) is 26.7 Å². The zero-order valence-corrected chi connectivity index (χ0v) is 10.8. The number of nitrogen functional groups attached to an aromatic ring is 1. The van der Waals surface area contributed by atoms with Crippen molar-refractivity contribution in [3.63, 3.8) is 0 Å². The van der Waals surface area contributed by atoms with Crippen molar-refractivity contribution >= 4 is 5.84 Å². The predicted molar refractivity (Wildman–Crippen MR) is 69.6 cm³/mol. The maximum absolute atomic E-state index is 7.48. The smallest absolute Gasteiger partial charge is 0.224 e. The first-order chi connectivity index (χ1) is 8.08. The van der Waals surface area contributed by atoms with E-state index in [0.29, 0.717) is 24.0 Å². The van der Waals surface area contributed by atoms with Gasteiger partial charge in [-0.15, -0.1) is 0 Å². The van der Waals surface area contributed by atoms with Crippen molar-refractivity contribution in [3.05, 3.63) is 23.4 Å². The molecule has 0 aliphatic heterocycles. The number of pyridine rings is 1. The Morgan fingerprint density at radius 1 is 1.41 bits per heavy atom. The number of nitrogens with zero attached hydrogens (tertiary/aromatic N) is 1. The number of aromatic nitrogens is 1. The Bertz CT molecular complexity index is 386. The molecule has 0 bridgehead atoms. The molecule has 1 aromatic heterocycles. The minimum absolute atomic E-state index is 0.00273. The molecular weight excluding hydrogens is 214 g/mol. The summed E-state index contributed by atoms with van der Waals surface area (Å²) < 4.78 is 5.69. The van der Waals surface area contributed by atoms with E-state index in [0.717, 1.165) is 18.5 Å². The molecule has 1 aromatic rings. The first kappa shape index (κ1) is 13.5. The van der Waals surface area contributed by atoms with E-state index in [1.54, 1.807) is 6.07 Å². The molecule has 0 saturated carbocycles. The van der Waals surface area contributed by atoms with Crippen LogP contribution in [0.15, 0.2) is 12.1 Å². The Kier molecular flexibility index (Phi) is 4.94. The summed E-state index contributed by atoms with van der Waals surface area (Å²) in [4.78, 5) is 4.29. The maximum atomic E-state index is 7.48. The van der Waals surface area contributed by atoms with Gasteiger partial charge in [-0.2, -0.15) is 0 Å². The highest BCUT2D eigenvalue weighted by atomic mass is 16.5. The van der Waals surface area contributed by atoms with Gasteiger partial charge in [0.25, 0.3) is 0 Å². The fourth-order valence-corrected chi connectivity index (χ4v) is 1.57. The van der Waals surface area contributed by atoms with Crippen LogP contribution < -0.4 is 10.5 Å². The van der Waals surface area contributed by atoms with Crippen LogP contribution >= 0.6 is 0 Å². The minimum Gasteiger partial charge on any atom is -0.477 e. The summed E-state index contributed by atoms with van der Waals surface area (Å²) >= 11 is 0. The summed E-state index contributed by atoms with van der Waals surface area (Å²) in [5.41, 5.74) is 6.94. The van der Waals surface area contributed by atoms with E-state index >= 15 is 0 Å². The molecule has 4 nitrogen and oxygen atoms in total. The SMILES string of the molecule is CCC(CC)COc1nc(C)ccc1C(=N)N. The number of amidine groups is 1. The molecule has 0 unspecified atom stereocenters. The van der Waals surface area contributed by atoms with Crippen LogP contribution in [0.5, 0.6) is 5.88 Å². The third-order valence-corrected chi connectivity index (χ3v) is 2.90. The number of nitrogens with two attached hydrogens (primary N) is 1.